The number of nitrogens with zero attached hydrogens (tertiary/aromatic N) is 4. The fourth-order valence-electron chi connectivity index (χ4n) is 5.19. The van der Waals surface area contributed by atoms with E-state index >= 15 is 0 Å². The summed E-state index contributed by atoms with van der Waals surface area (Å²) >= 11 is 0. The van der Waals surface area contributed by atoms with Crippen molar-refractivity contribution in [3.8, 4) is 34.3 Å². The van der Waals surface area contributed by atoms with Crippen molar-refractivity contribution in [2.75, 3.05) is 13.2 Å². The van der Waals surface area contributed by atoms with Crippen molar-refractivity contribution in [2.24, 2.45) is 0 Å². The minimum atomic E-state index is -1.08. The number of ether oxygens (including phenoxy) is 2. The molecule has 0 bridgehead atoms. The fourth-order valence-corrected chi connectivity index (χ4v) is 5.19. The molecule has 0 radical (unpaired) electrons. The van der Waals surface area contributed by atoms with E-state index in [0.717, 1.165) is 48.9 Å². The van der Waals surface area contributed by atoms with Gasteiger partial charge in [0.2, 0.25) is 0 Å². The number of carboxylic acids is 2. The quantitative estimate of drug-likeness (QED) is 0.0565. The van der Waals surface area contributed by atoms with Gasteiger partial charge < -0.3 is 32.0 Å². The van der Waals surface area contributed by atoms with Crippen molar-refractivity contribution < 1.29 is 48.8 Å². The van der Waals surface area contributed by atoms with Gasteiger partial charge in [0.05, 0.1) is 47.1 Å². The molecule has 0 amide bonds. The summed E-state index contributed by atoms with van der Waals surface area (Å²) in [5, 5.41) is 17.7. The van der Waals surface area contributed by atoms with Gasteiger partial charge in [-0.15, -0.1) is 0 Å². The van der Waals surface area contributed by atoms with Crippen LogP contribution in [0.5, 0.6) is 11.5 Å². The molecule has 13 heteroatoms. The number of carboxylic acid groups (broad SMARTS) is 2. The van der Waals surface area contributed by atoms with E-state index in [0.29, 0.717) is 11.4 Å². The van der Waals surface area contributed by atoms with Crippen molar-refractivity contribution in [3.63, 3.8) is 0 Å². The first kappa shape index (κ1) is 48.7. The monoisotopic (exact) mass is 818 g/mol. The van der Waals surface area contributed by atoms with Gasteiger partial charge in [-0.1, -0.05) is 90.9 Å². The number of pyridine rings is 4. The van der Waals surface area contributed by atoms with Crippen molar-refractivity contribution in [1.82, 2.24) is 19.9 Å². The van der Waals surface area contributed by atoms with E-state index in [1.807, 2.05) is 24.3 Å². The molecule has 4 aromatic heterocycles. The van der Waals surface area contributed by atoms with Gasteiger partial charge >= 0.3 is 31.4 Å². The van der Waals surface area contributed by atoms with Gasteiger partial charge in [-0.05, 0) is 49.2 Å². The molecular formula is C40H56N6O6Ru. The average Bonchev–Trinajstić information content (AvgIpc) is 3.14. The Bertz CT molecular complexity index is 1480. The molecule has 0 atom stereocenters. The molecule has 12 nitrogen and oxygen atoms in total. The molecule has 0 unspecified atom stereocenters. The van der Waals surface area contributed by atoms with Gasteiger partial charge in [0.25, 0.3) is 0 Å². The number of aromatic nitrogens is 4. The molecule has 6 N–H and O–H groups in total. The zero-order valence-corrected chi connectivity index (χ0v) is 32.8. The van der Waals surface area contributed by atoms with Crippen LogP contribution in [-0.4, -0.2) is 55.3 Å². The smallest absolute Gasteiger partial charge is 0.693 e. The third-order valence-electron chi connectivity index (χ3n) is 8.03. The summed E-state index contributed by atoms with van der Waals surface area (Å²) in [6, 6.07) is 13.2. The number of rotatable bonds is 22. The number of nitrogens with two attached hydrogens (primary N) is 2. The standard InChI is InChI=1S/C28H44N2O2.C12H8N2O4.2H2N.Ru/c1-3-5-7-9-11-13-15-21-31-25-17-19-29-27(23-25)28-24-26(18-20-30-28)32-22-16-14-12-10-8-6-4-2;15-11(16)7-1-3-13-9(5-7)10-6-8(12(17)18)2-4-14-10;;;/h17-20,23-24H,3-16,21-22H2,1-2H3;1-6H,(H,15,16)(H,17,18);2*1H2;/q;;2*-1;+2. The molecule has 0 aromatic carbocycles. The van der Waals surface area contributed by atoms with Crippen LogP contribution in [0.3, 0.4) is 0 Å². The second kappa shape index (κ2) is 29.2. The molecule has 0 aliphatic carbocycles. The van der Waals surface area contributed by atoms with E-state index in [4.69, 9.17) is 19.7 Å². The predicted molar refractivity (Wildman–Crippen MR) is 206 cm³/mol. The first-order valence-corrected chi connectivity index (χ1v) is 18.0. The molecule has 0 aliphatic rings. The van der Waals surface area contributed by atoms with Gasteiger partial charge in [0, 0.05) is 36.9 Å². The summed E-state index contributed by atoms with van der Waals surface area (Å²) in [4.78, 5) is 38.6. The molecule has 4 aromatic rings. The van der Waals surface area contributed by atoms with Crippen LogP contribution in [0.1, 0.15) is 124 Å². The van der Waals surface area contributed by atoms with E-state index in [1.54, 1.807) is 12.4 Å². The molecule has 53 heavy (non-hydrogen) atoms. The molecule has 0 spiro atoms. The molecule has 0 saturated heterocycles. The number of aromatic carboxylic acids is 2. The predicted octanol–water partition coefficient (Wildman–Crippen LogP) is 11.4. The van der Waals surface area contributed by atoms with Crippen molar-refractivity contribution in [1.29, 1.82) is 0 Å². The fraction of sp³-hybridized carbons (Fsp3) is 0.450. The summed E-state index contributed by atoms with van der Waals surface area (Å²) in [6.45, 7) is 6.03. The Hall–Kier alpha value is -4.32. The summed E-state index contributed by atoms with van der Waals surface area (Å²) in [6.07, 6.45) is 24.3. The largest absolute Gasteiger partial charge is 2.00 e. The zero-order valence-electron chi connectivity index (χ0n) is 31.1. The van der Waals surface area contributed by atoms with E-state index in [9.17, 15) is 9.59 Å². The zero-order chi connectivity index (χ0) is 35.8. The molecule has 0 aliphatic heterocycles. The second-order valence-corrected chi connectivity index (χ2v) is 12.2. The van der Waals surface area contributed by atoms with E-state index in [1.165, 1.54) is 114 Å². The second-order valence-electron chi connectivity index (χ2n) is 12.2. The van der Waals surface area contributed by atoms with Crippen LogP contribution in [0.15, 0.2) is 73.3 Å². The Morgan fingerprint density at radius 1 is 0.491 bits per heavy atom. The van der Waals surface area contributed by atoms with Crippen LogP contribution in [0.25, 0.3) is 35.1 Å². The Labute approximate surface area is 327 Å². The molecule has 4 rings (SSSR count). The van der Waals surface area contributed by atoms with Gasteiger partial charge in [0.15, 0.2) is 0 Å². The maximum Gasteiger partial charge on any atom is 2.00 e. The first-order chi connectivity index (χ1) is 24.4. The minimum absolute atomic E-state index is 0. The first-order valence-electron chi connectivity index (χ1n) is 18.0. The van der Waals surface area contributed by atoms with Gasteiger partial charge in [-0.3, -0.25) is 19.9 Å². The van der Waals surface area contributed by atoms with Crippen molar-refractivity contribution >= 4 is 11.9 Å². The topological polar surface area (TPSA) is 212 Å². The Kier molecular flexibility index (Phi) is 26.8. The SMILES string of the molecule is CCCCCCCCCOc1ccnc(-c2cc(OCCCCCCCCC)ccn2)c1.O=C(O)c1ccnc(-c2cc(C(=O)O)ccn2)c1.[NH2-].[NH2-].[Ru+2]. The molecule has 4 heterocycles. The minimum Gasteiger partial charge on any atom is -0.693 e. The van der Waals surface area contributed by atoms with E-state index < -0.39 is 11.9 Å². The van der Waals surface area contributed by atoms with Crippen LogP contribution in [0, 0.1) is 0 Å². The molecule has 290 valence electrons. The maximum atomic E-state index is 10.8. The van der Waals surface area contributed by atoms with Gasteiger partial charge in [-0.2, -0.15) is 0 Å². The van der Waals surface area contributed by atoms with Crippen molar-refractivity contribution in [3.05, 3.63) is 96.7 Å². The Morgan fingerprint density at radius 3 is 1.13 bits per heavy atom. The normalized spacial score (nSPS) is 10.0. The summed E-state index contributed by atoms with van der Waals surface area (Å²) in [5.41, 5.74) is 2.42. The van der Waals surface area contributed by atoms with Crippen LogP contribution in [-0.2, 0) is 19.5 Å². The van der Waals surface area contributed by atoms with Gasteiger partial charge in [0.1, 0.15) is 11.5 Å². The average molecular weight is 818 g/mol. The van der Waals surface area contributed by atoms with E-state index in [-0.39, 0.29) is 42.9 Å². The van der Waals surface area contributed by atoms with Crippen LogP contribution < -0.4 is 9.47 Å². The number of carbonyl (C=O) groups is 2. The third kappa shape index (κ3) is 19.4. The molecule has 0 fully saturated rings. The Balaban J connectivity index is 0.00000110. The third-order valence-corrected chi connectivity index (χ3v) is 8.03. The maximum absolute atomic E-state index is 10.8. The van der Waals surface area contributed by atoms with Crippen LogP contribution in [0.2, 0.25) is 0 Å². The molecular weight excluding hydrogens is 762 g/mol. The van der Waals surface area contributed by atoms with Gasteiger partial charge in [-0.25, -0.2) is 9.59 Å². The summed E-state index contributed by atoms with van der Waals surface area (Å²) < 4.78 is 11.9. The van der Waals surface area contributed by atoms with Crippen molar-refractivity contribution in [2.45, 2.75) is 104 Å². The summed E-state index contributed by atoms with van der Waals surface area (Å²) in [5.74, 6) is -0.435. The molecule has 0 saturated carbocycles. The van der Waals surface area contributed by atoms with Crippen LogP contribution >= 0.6 is 0 Å². The number of hydrogen-bond donors (Lipinski definition) is 2. The van der Waals surface area contributed by atoms with Crippen LogP contribution in [0.4, 0.5) is 0 Å². The van der Waals surface area contributed by atoms with E-state index in [2.05, 4.69) is 33.8 Å². The Morgan fingerprint density at radius 2 is 0.792 bits per heavy atom. The summed E-state index contributed by atoms with van der Waals surface area (Å²) in [7, 11) is 0. The number of unbranched alkanes of at least 4 members (excludes halogenated alkanes) is 12. The number of hydrogen-bond acceptors (Lipinski definition) is 8.